The molecule has 0 radical (unpaired) electrons. The summed E-state index contributed by atoms with van der Waals surface area (Å²) in [4.78, 5) is 0. The van der Waals surface area contributed by atoms with E-state index in [1.165, 1.54) is 122 Å². The monoisotopic (exact) mass is 745 g/mol. The van der Waals surface area contributed by atoms with Crippen molar-refractivity contribution in [3.63, 3.8) is 0 Å². The van der Waals surface area contributed by atoms with Gasteiger partial charge in [0.15, 0.2) is 6.29 Å². The molecule has 3 heterocycles. The lowest BCUT2D eigenvalue weighted by atomic mass is 9.87. The summed E-state index contributed by atoms with van der Waals surface area (Å²) in [6, 6.07) is -0.691. The summed E-state index contributed by atoms with van der Waals surface area (Å²) in [7, 11) is 0. The lowest BCUT2D eigenvalue weighted by molar-refractivity contribution is -0.303. The van der Waals surface area contributed by atoms with Crippen LogP contribution in [0.2, 0.25) is 0 Å². The van der Waals surface area contributed by atoms with Crippen LogP contribution in [0.4, 0.5) is 0 Å². The Morgan fingerprint density at radius 3 is 1.87 bits per heavy atom. The van der Waals surface area contributed by atoms with Gasteiger partial charge in [0.1, 0.15) is 24.4 Å². The molecule has 0 saturated carbocycles. The fourth-order valence-corrected chi connectivity index (χ4v) is 8.22. The maximum atomic E-state index is 11.4. The Morgan fingerprint density at radius 2 is 1.33 bits per heavy atom. The van der Waals surface area contributed by atoms with Crippen LogP contribution in [0.1, 0.15) is 161 Å². The van der Waals surface area contributed by atoms with E-state index in [1.807, 2.05) is 0 Å². The summed E-state index contributed by atoms with van der Waals surface area (Å²) in [5, 5.41) is 70.2. The fraction of sp³-hybridized carbons (Fsp3) is 1.00. The average molecular weight is 745 g/mol. The first-order valence-corrected chi connectivity index (χ1v) is 21.6. The van der Waals surface area contributed by atoms with E-state index in [1.54, 1.807) is 0 Å². The van der Waals surface area contributed by atoms with Crippen molar-refractivity contribution >= 4 is 0 Å². The van der Waals surface area contributed by atoms with Crippen molar-refractivity contribution in [3.05, 3.63) is 0 Å². The highest BCUT2D eigenvalue weighted by molar-refractivity contribution is 4.99. The predicted molar refractivity (Wildman–Crippen MR) is 205 cm³/mol. The maximum Gasteiger partial charge on any atom is 0.186 e. The van der Waals surface area contributed by atoms with Crippen LogP contribution in [0.5, 0.6) is 0 Å². The quantitative estimate of drug-likeness (QED) is 0.0443. The standard InChI is InChI=1S/C41H80N2O9/c1-2-3-4-5-6-7-8-9-10-14-17-20-23-34(45)36(46)33(29-51-40-39(49)38(48)37(47)35(28-44)52-40)43-41(30-50-31-41)25-21-18-15-12-11-13-16-19-22-32-24-26-42-27-32/h32-40,42-49H,2-31H2,1H3/t32?,33-,34+,35?,36-,37?,38?,39?,40?/m0/s1. The Bertz CT molecular complexity index is 860. The molecule has 3 aliphatic heterocycles. The van der Waals surface area contributed by atoms with Gasteiger partial charge in [-0.2, -0.15) is 0 Å². The van der Waals surface area contributed by atoms with Crippen molar-refractivity contribution < 1.29 is 44.8 Å². The Morgan fingerprint density at radius 1 is 0.750 bits per heavy atom. The maximum absolute atomic E-state index is 11.4. The predicted octanol–water partition coefficient (Wildman–Crippen LogP) is 4.85. The normalized spacial score (nSPS) is 27.8. The van der Waals surface area contributed by atoms with Crippen molar-refractivity contribution in [2.24, 2.45) is 5.92 Å². The SMILES string of the molecule is CCCCCCCCCCCCCC[C@@H](O)[C@@H](O)[C@H](COC1OC(CO)C(O)C(O)C1O)NC1(CCCCCCCCCCC2CCNC2)COC1. The molecule has 0 spiro atoms. The summed E-state index contributed by atoms with van der Waals surface area (Å²) >= 11 is 0. The Hall–Kier alpha value is -0.440. The van der Waals surface area contributed by atoms with Crippen molar-refractivity contribution in [2.75, 3.05) is 39.5 Å². The molecule has 0 aromatic carbocycles. The number of rotatable bonds is 32. The highest BCUT2D eigenvalue weighted by atomic mass is 16.7. The van der Waals surface area contributed by atoms with Crippen LogP contribution >= 0.6 is 0 Å². The molecule has 0 aliphatic carbocycles. The molecule has 0 aromatic rings. The highest BCUT2D eigenvalue weighted by Gasteiger charge is 2.46. The molecule has 308 valence electrons. The summed E-state index contributed by atoms with van der Waals surface area (Å²) in [6.45, 7) is 4.98. The summed E-state index contributed by atoms with van der Waals surface area (Å²) in [5.74, 6) is 0.888. The van der Waals surface area contributed by atoms with Crippen LogP contribution in [0.25, 0.3) is 0 Å². The third-order valence-electron chi connectivity index (χ3n) is 11.9. The van der Waals surface area contributed by atoms with E-state index in [4.69, 9.17) is 14.2 Å². The lowest BCUT2D eigenvalue weighted by Crippen LogP contribution is -2.67. The number of unbranched alkanes of at least 4 members (excludes halogenated alkanes) is 18. The molecular formula is C41H80N2O9. The van der Waals surface area contributed by atoms with Gasteiger partial charge >= 0.3 is 0 Å². The molecule has 0 bridgehead atoms. The number of aliphatic hydroxyl groups excluding tert-OH is 6. The van der Waals surface area contributed by atoms with Gasteiger partial charge in [0.05, 0.1) is 50.2 Å². The van der Waals surface area contributed by atoms with Gasteiger partial charge in [-0.3, -0.25) is 5.32 Å². The van der Waals surface area contributed by atoms with Crippen LogP contribution in [0.15, 0.2) is 0 Å². The second-order valence-corrected chi connectivity index (χ2v) is 16.5. The fourth-order valence-electron chi connectivity index (χ4n) is 8.22. The van der Waals surface area contributed by atoms with Gasteiger partial charge in [-0.25, -0.2) is 0 Å². The summed E-state index contributed by atoms with van der Waals surface area (Å²) in [6.07, 6.45) is 19.6. The Labute approximate surface area is 316 Å². The molecular weight excluding hydrogens is 664 g/mol. The minimum atomic E-state index is -1.55. The van der Waals surface area contributed by atoms with Crippen LogP contribution in [-0.2, 0) is 14.2 Å². The van der Waals surface area contributed by atoms with Gasteiger partial charge in [-0.1, -0.05) is 135 Å². The number of nitrogens with one attached hydrogen (secondary N) is 2. The molecule has 0 aromatic heterocycles. The lowest BCUT2D eigenvalue weighted by Gasteiger charge is -2.46. The largest absolute Gasteiger partial charge is 0.394 e. The zero-order chi connectivity index (χ0) is 37.4. The van der Waals surface area contributed by atoms with Crippen LogP contribution < -0.4 is 10.6 Å². The van der Waals surface area contributed by atoms with Crippen LogP contribution in [0.3, 0.4) is 0 Å². The molecule has 3 aliphatic rings. The zero-order valence-corrected chi connectivity index (χ0v) is 32.8. The van der Waals surface area contributed by atoms with Crippen molar-refractivity contribution in [1.29, 1.82) is 0 Å². The van der Waals surface area contributed by atoms with E-state index >= 15 is 0 Å². The Kier molecular flexibility index (Phi) is 24.0. The van der Waals surface area contributed by atoms with Crippen LogP contribution in [0, 0.1) is 5.92 Å². The van der Waals surface area contributed by atoms with Gasteiger partial charge in [-0.05, 0) is 44.7 Å². The molecule has 6 unspecified atom stereocenters. The van der Waals surface area contributed by atoms with Gasteiger partial charge in [-0.15, -0.1) is 0 Å². The molecule has 8 N–H and O–H groups in total. The van der Waals surface area contributed by atoms with Gasteiger partial charge < -0.3 is 50.2 Å². The number of aliphatic hydroxyl groups is 6. The van der Waals surface area contributed by atoms with Gasteiger partial charge in [0.25, 0.3) is 0 Å². The zero-order valence-electron chi connectivity index (χ0n) is 32.8. The third kappa shape index (κ3) is 17.1. The summed E-state index contributed by atoms with van der Waals surface area (Å²) < 4.78 is 17.1. The van der Waals surface area contributed by atoms with Gasteiger partial charge in [0.2, 0.25) is 0 Å². The minimum Gasteiger partial charge on any atom is -0.394 e. The van der Waals surface area contributed by atoms with Crippen molar-refractivity contribution in [1.82, 2.24) is 10.6 Å². The van der Waals surface area contributed by atoms with Crippen LogP contribution in [-0.4, -0.2) is 125 Å². The van der Waals surface area contributed by atoms with E-state index in [2.05, 4.69) is 17.6 Å². The first kappa shape index (κ1) is 45.9. The first-order chi connectivity index (χ1) is 25.3. The molecule has 9 atom stereocenters. The van der Waals surface area contributed by atoms with E-state index < -0.39 is 55.6 Å². The summed E-state index contributed by atoms with van der Waals surface area (Å²) in [5.41, 5.74) is -0.352. The molecule has 3 saturated heterocycles. The topological polar surface area (TPSA) is 173 Å². The highest BCUT2D eigenvalue weighted by Crippen LogP contribution is 2.28. The van der Waals surface area contributed by atoms with E-state index in [0.29, 0.717) is 19.6 Å². The molecule has 11 nitrogen and oxygen atoms in total. The smallest absolute Gasteiger partial charge is 0.186 e. The van der Waals surface area contributed by atoms with E-state index in [0.717, 1.165) is 44.4 Å². The Balaban J connectivity index is 1.41. The molecule has 52 heavy (non-hydrogen) atoms. The van der Waals surface area contributed by atoms with Crippen molar-refractivity contribution in [2.45, 2.75) is 216 Å². The number of ether oxygens (including phenoxy) is 3. The van der Waals surface area contributed by atoms with E-state index in [-0.39, 0.29) is 12.1 Å². The molecule has 3 rings (SSSR count). The minimum absolute atomic E-state index is 0.113. The average Bonchev–Trinajstić information content (AvgIpc) is 3.66. The molecule has 3 fully saturated rings. The number of hydrogen-bond donors (Lipinski definition) is 8. The molecule has 0 amide bonds. The second-order valence-electron chi connectivity index (χ2n) is 16.5. The second kappa shape index (κ2) is 27.2. The number of hydrogen-bond acceptors (Lipinski definition) is 11. The third-order valence-corrected chi connectivity index (χ3v) is 11.9. The van der Waals surface area contributed by atoms with E-state index in [9.17, 15) is 30.6 Å². The molecule has 11 heteroatoms. The first-order valence-electron chi connectivity index (χ1n) is 21.6. The van der Waals surface area contributed by atoms with Crippen molar-refractivity contribution in [3.8, 4) is 0 Å². The van der Waals surface area contributed by atoms with Gasteiger partial charge in [0, 0.05) is 0 Å².